The molecule has 0 bridgehead atoms. The van der Waals surface area contributed by atoms with E-state index in [9.17, 15) is 4.79 Å². The molecule has 0 spiro atoms. The molecule has 0 saturated carbocycles. The third-order valence-corrected chi connectivity index (χ3v) is 5.42. The van der Waals surface area contributed by atoms with Crippen LogP contribution < -0.4 is 4.74 Å². The molecule has 0 N–H and O–H groups in total. The Morgan fingerprint density at radius 1 is 1.10 bits per heavy atom. The van der Waals surface area contributed by atoms with Crippen molar-refractivity contribution in [1.29, 1.82) is 0 Å². The Bertz CT molecular complexity index is 988. The summed E-state index contributed by atoms with van der Waals surface area (Å²) in [7, 11) is 1.68. The molecule has 0 unspecified atom stereocenters. The van der Waals surface area contributed by atoms with Crippen LogP contribution in [0.15, 0.2) is 79.5 Å². The zero-order chi connectivity index (χ0) is 22.1. The maximum Gasteiger partial charge on any atom is 0.254 e. The number of methoxy groups -OCH3 is 1. The van der Waals surface area contributed by atoms with Crippen molar-refractivity contribution in [2.24, 2.45) is 0 Å². The normalized spacial score (nSPS) is 10.6. The lowest BCUT2D eigenvalue weighted by Gasteiger charge is -2.22. The predicted molar refractivity (Wildman–Crippen MR) is 127 cm³/mol. The molecule has 2 aromatic carbocycles. The van der Waals surface area contributed by atoms with Gasteiger partial charge in [0.15, 0.2) is 0 Å². The van der Waals surface area contributed by atoms with Crippen LogP contribution in [0, 0.1) is 0 Å². The highest BCUT2D eigenvalue weighted by atomic mass is 16.5. The number of carbonyl (C=O) groups excluding carboxylic acids is 1. The van der Waals surface area contributed by atoms with Crippen LogP contribution in [-0.2, 0) is 19.5 Å². The molecule has 4 heteroatoms. The van der Waals surface area contributed by atoms with Gasteiger partial charge in [-0.1, -0.05) is 43.7 Å². The summed E-state index contributed by atoms with van der Waals surface area (Å²) >= 11 is 0. The molecule has 4 nitrogen and oxygen atoms in total. The summed E-state index contributed by atoms with van der Waals surface area (Å²) in [4.78, 5) is 15.0. The number of hydrogen-bond donors (Lipinski definition) is 0. The fourth-order valence-electron chi connectivity index (χ4n) is 3.66. The molecule has 0 aliphatic carbocycles. The molecule has 0 saturated heterocycles. The Morgan fingerprint density at radius 3 is 2.61 bits per heavy atom. The molecule has 0 radical (unpaired) electrons. The van der Waals surface area contributed by atoms with Gasteiger partial charge in [-0.3, -0.25) is 4.79 Å². The van der Waals surface area contributed by atoms with E-state index < -0.39 is 0 Å². The molecule has 3 aromatic rings. The molecule has 31 heavy (non-hydrogen) atoms. The van der Waals surface area contributed by atoms with Gasteiger partial charge in [0, 0.05) is 30.5 Å². The zero-order valence-electron chi connectivity index (χ0n) is 18.6. The fraction of sp³-hybridized carbons (Fsp3) is 0.296. The van der Waals surface area contributed by atoms with Gasteiger partial charge < -0.3 is 14.2 Å². The molecule has 0 aliphatic rings. The molecule has 1 amide bonds. The van der Waals surface area contributed by atoms with Crippen molar-refractivity contribution in [2.75, 3.05) is 13.7 Å². The maximum atomic E-state index is 13.2. The topological polar surface area (TPSA) is 34.5 Å². The van der Waals surface area contributed by atoms with E-state index in [1.807, 2.05) is 47.5 Å². The van der Waals surface area contributed by atoms with Crippen molar-refractivity contribution in [3.63, 3.8) is 0 Å². The molecular formula is C27H32N2O2. The number of rotatable bonds is 11. The third kappa shape index (κ3) is 6.11. The van der Waals surface area contributed by atoms with Crippen molar-refractivity contribution in [1.82, 2.24) is 9.47 Å². The highest BCUT2D eigenvalue weighted by molar-refractivity contribution is 5.94. The smallest absolute Gasteiger partial charge is 0.254 e. The second-order valence-corrected chi connectivity index (χ2v) is 7.75. The van der Waals surface area contributed by atoms with Gasteiger partial charge in [0.2, 0.25) is 0 Å². The van der Waals surface area contributed by atoms with E-state index in [1.54, 1.807) is 13.2 Å². The van der Waals surface area contributed by atoms with Crippen molar-refractivity contribution >= 4 is 5.91 Å². The minimum absolute atomic E-state index is 0.0241. The maximum absolute atomic E-state index is 13.2. The second kappa shape index (κ2) is 11.2. The van der Waals surface area contributed by atoms with Crippen molar-refractivity contribution in [3.05, 3.63) is 102 Å². The van der Waals surface area contributed by atoms with E-state index in [-0.39, 0.29) is 5.91 Å². The molecule has 0 aliphatic heterocycles. The number of nitrogens with zero attached hydrogens (tertiary/aromatic N) is 2. The first kappa shape index (κ1) is 22.4. The van der Waals surface area contributed by atoms with Crippen LogP contribution in [0.1, 0.15) is 46.9 Å². The summed E-state index contributed by atoms with van der Waals surface area (Å²) in [5.74, 6) is 0.869. The van der Waals surface area contributed by atoms with Crippen LogP contribution in [0.5, 0.6) is 5.75 Å². The van der Waals surface area contributed by atoms with Gasteiger partial charge in [0.1, 0.15) is 5.75 Å². The Labute approximate surface area is 185 Å². The molecule has 162 valence electrons. The fourth-order valence-corrected chi connectivity index (χ4v) is 3.66. The summed E-state index contributed by atoms with van der Waals surface area (Å²) in [6.07, 6.45) is 7.22. The van der Waals surface area contributed by atoms with Crippen LogP contribution in [0.4, 0.5) is 0 Å². The first-order chi connectivity index (χ1) is 15.1. The van der Waals surface area contributed by atoms with Crippen molar-refractivity contribution in [2.45, 2.75) is 39.3 Å². The lowest BCUT2D eigenvalue weighted by atomic mass is 10.1. The van der Waals surface area contributed by atoms with E-state index in [4.69, 9.17) is 4.74 Å². The highest BCUT2D eigenvalue weighted by Gasteiger charge is 2.17. The molecule has 3 rings (SSSR count). The highest BCUT2D eigenvalue weighted by Crippen LogP contribution is 2.17. The Hall–Kier alpha value is -3.27. The van der Waals surface area contributed by atoms with Gasteiger partial charge in [-0.15, -0.1) is 6.58 Å². The van der Waals surface area contributed by atoms with E-state index in [0.29, 0.717) is 18.7 Å². The number of ether oxygens (including phenoxy) is 1. The summed E-state index contributed by atoms with van der Waals surface area (Å²) < 4.78 is 7.51. The predicted octanol–water partition coefficient (Wildman–Crippen LogP) is 5.72. The average molecular weight is 417 g/mol. The third-order valence-electron chi connectivity index (χ3n) is 5.42. The van der Waals surface area contributed by atoms with Crippen LogP contribution in [0.3, 0.4) is 0 Å². The Morgan fingerprint density at radius 2 is 1.90 bits per heavy atom. The van der Waals surface area contributed by atoms with Crippen molar-refractivity contribution in [3.8, 4) is 5.75 Å². The number of unbranched alkanes of at least 4 members (excludes halogenated alkanes) is 1. The van der Waals surface area contributed by atoms with Gasteiger partial charge in [-0.25, -0.2) is 0 Å². The number of amides is 1. The lowest BCUT2D eigenvalue weighted by Crippen LogP contribution is -2.31. The number of carbonyl (C=O) groups is 1. The molecule has 0 fully saturated rings. The number of aryl methyl sites for hydroxylation is 1. The lowest BCUT2D eigenvalue weighted by molar-refractivity contribution is 0.0759. The molecule has 1 aromatic heterocycles. The summed E-state index contributed by atoms with van der Waals surface area (Å²) in [6, 6.07) is 20.2. The SMILES string of the molecule is C=CCN(Cc1cccn1Cc1cccc(OC)c1)C(=O)c1ccc(CCCC)cc1. The first-order valence-electron chi connectivity index (χ1n) is 10.9. The summed E-state index contributed by atoms with van der Waals surface area (Å²) in [5.41, 5.74) is 4.23. The largest absolute Gasteiger partial charge is 0.497 e. The summed E-state index contributed by atoms with van der Waals surface area (Å²) in [6.45, 7) is 7.79. The first-order valence-corrected chi connectivity index (χ1v) is 10.9. The van der Waals surface area contributed by atoms with Gasteiger partial charge in [0.05, 0.1) is 13.7 Å². The van der Waals surface area contributed by atoms with Gasteiger partial charge in [0.25, 0.3) is 5.91 Å². The Kier molecular flexibility index (Phi) is 8.11. The van der Waals surface area contributed by atoms with E-state index in [1.165, 1.54) is 18.4 Å². The summed E-state index contributed by atoms with van der Waals surface area (Å²) in [5, 5.41) is 0. The van der Waals surface area contributed by atoms with Crippen molar-refractivity contribution < 1.29 is 9.53 Å². The zero-order valence-corrected chi connectivity index (χ0v) is 18.6. The molecule has 0 atom stereocenters. The van der Waals surface area contributed by atoms with Crippen LogP contribution >= 0.6 is 0 Å². The Balaban J connectivity index is 1.73. The van der Waals surface area contributed by atoms with Gasteiger partial charge >= 0.3 is 0 Å². The van der Waals surface area contributed by atoms with E-state index in [0.717, 1.165) is 30.0 Å². The average Bonchev–Trinajstić information content (AvgIpc) is 3.23. The standard InChI is InChI=1S/C27H32N2O2/c1-4-6-9-22-13-15-24(16-14-22)27(30)29(17-5-2)21-25-11-8-18-28(25)20-23-10-7-12-26(19-23)31-3/h5,7-8,10-16,18-19H,2,4,6,9,17,20-21H2,1,3H3. The number of benzene rings is 2. The quantitative estimate of drug-likeness (QED) is 0.375. The minimum atomic E-state index is 0.0241. The number of aromatic nitrogens is 1. The van der Waals surface area contributed by atoms with E-state index in [2.05, 4.69) is 42.3 Å². The van der Waals surface area contributed by atoms with E-state index >= 15 is 0 Å². The van der Waals surface area contributed by atoms with Gasteiger partial charge in [-0.05, 0) is 60.4 Å². The van der Waals surface area contributed by atoms with Gasteiger partial charge in [-0.2, -0.15) is 0 Å². The number of hydrogen-bond acceptors (Lipinski definition) is 2. The monoisotopic (exact) mass is 416 g/mol. The molecular weight excluding hydrogens is 384 g/mol. The second-order valence-electron chi connectivity index (χ2n) is 7.75. The molecule has 1 heterocycles. The van der Waals surface area contributed by atoms with Crippen LogP contribution in [0.2, 0.25) is 0 Å². The van der Waals surface area contributed by atoms with Crippen LogP contribution in [0.25, 0.3) is 0 Å². The van der Waals surface area contributed by atoms with Crippen LogP contribution in [-0.4, -0.2) is 29.0 Å². The minimum Gasteiger partial charge on any atom is -0.497 e.